The Labute approximate surface area is 92.0 Å². The van der Waals surface area contributed by atoms with E-state index in [0.717, 1.165) is 6.08 Å². The maximum absolute atomic E-state index is 11.2. The number of aromatic nitrogens is 2. The lowest BCUT2D eigenvalue weighted by atomic mass is 10.5. The van der Waals surface area contributed by atoms with Crippen molar-refractivity contribution >= 4 is 21.9 Å². The lowest BCUT2D eigenvalue weighted by Gasteiger charge is -2.00. The van der Waals surface area contributed by atoms with E-state index in [1.165, 1.54) is 16.8 Å². The molecule has 0 saturated carbocycles. The van der Waals surface area contributed by atoms with Crippen LogP contribution in [0.15, 0.2) is 32.4 Å². The van der Waals surface area contributed by atoms with Gasteiger partial charge in [-0.25, -0.2) is 9.59 Å². The smallest absolute Gasteiger partial charge is 0.328 e. The van der Waals surface area contributed by atoms with Crippen molar-refractivity contribution < 1.29 is 9.90 Å². The molecule has 0 spiro atoms. The predicted molar refractivity (Wildman–Crippen MR) is 55.8 cm³/mol. The van der Waals surface area contributed by atoms with Gasteiger partial charge in [-0.15, -0.1) is 0 Å². The van der Waals surface area contributed by atoms with Crippen molar-refractivity contribution in [3.8, 4) is 0 Å². The van der Waals surface area contributed by atoms with Crippen molar-refractivity contribution in [3.05, 3.63) is 43.7 Å². The molecular weight excluding hydrogens is 268 g/mol. The van der Waals surface area contributed by atoms with Crippen molar-refractivity contribution in [1.29, 1.82) is 0 Å². The fourth-order valence-corrected chi connectivity index (χ4v) is 1.23. The van der Waals surface area contributed by atoms with E-state index in [2.05, 4.69) is 20.9 Å². The average Bonchev–Trinajstić information content (AvgIpc) is 2.13. The summed E-state index contributed by atoms with van der Waals surface area (Å²) in [6.45, 7) is 0.0838. The fourth-order valence-electron chi connectivity index (χ4n) is 0.885. The Bertz CT molecular complexity index is 514. The molecule has 0 bridgehead atoms. The zero-order valence-electron chi connectivity index (χ0n) is 7.44. The molecule has 1 aromatic rings. The van der Waals surface area contributed by atoms with Gasteiger partial charge >= 0.3 is 11.7 Å². The number of nitrogens with zero attached hydrogens (tertiary/aromatic N) is 1. The molecule has 0 unspecified atom stereocenters. The summed E-state index contributed by atoms with van der Waals surface area (Å²) in [5.74, 6) is -1.09. The minimum absolute atomic E-state index is 0.0838. The topological polar surface area (TPSA) is 92.2 Å². The molecule has 0 fully saturated rings. The first kappa shape index (κ1) is 11.4. The van der Waals surface area contributed by atoms with E-state index in [4.69, 9.17) is 5.11 Å². The number of allylic oxidation sites excluding steroid dienone is 1. The molecule has 80 valence electrons. The number of aliphatic carboxylic acids is 1. The number of hydrogen-bond acceptors (Lipinski definition) is 3. The number of hydrogen-bond donors (Lipinski definition) is 2. The molecule has 1 aromatic heterocycles. The Kier molecular flexibility index (Phi) is 3.62. The van der Waals surface area contributed by atoms with Gasteiger partial charge in [-0.05, 0) is 15.9 Å². The van der Waals surface area contributed by atoms with Crippen LogP contribution in [0.25, 0.3) is 0 Å². The first-order chi connectivity index (χ1) is 7.00. The molecule has 0 aliphatic heterocycles. The van der Waals surface area contributed by atoms with E-state index in [-0.39, 0.29) is 11.0 Å². The van der Waals surface area contributed by atoms with Gasteiger partial charge in [-0.2, -0.15) is 0 Å². The van der Waals surface area contributed by atoms with Gasteiger partial charge in [0, 0.05) is 18.8 Å². The summed E-state index contributed by atoms with van der Waals surface area (Å²) in [5.41, 5.74) is -1.10. The average molecular weight is 275 g/mol. The van der Waals surface area contributed by atoms with Gasteiger partial charge in [-0.1, -0.05) is 6.08 Å². The number of H-pyrrole nitrogens is 1. The number of carboxylic acids is 1. The maximum atomic E-state index is 11.2. The Hall–Kier alpha value is -1.63. The fraction of sp³-hybridized carbons (Fsp3) is 0.125. The van der Waals surface area contributed by atoms with Crippen LogP contribution in [-0.4, -0.2) is 20.6 Å². The van der Waals surface area contributed by atoms with E-state index < -0.39 is 17.2 Å². The molecule has 0 aromatic carbocycles. The second kappa shape index (κ2) is 4.74. The molecule has 2 N–H and O–H groups in total. The highest BCUT2D eigenvalue weighted by molar-refractivity contribution is 9.10. The minimum atomic E-state index is -1.09. The molecule has 1 heterocycles. The van der Waals surface area contributed by atoms with Crippen molar-refractivity contribution in [2.75, 3.05) is 0 Å². The van der Waals surface area contributed by atoms with Crippen LogP contribution < -0.4 is 11.2 Å². The van der Waals surface area contributed by atoms with E-state index >= 15 is 0 Å². The van der Waals surface area contributed by atoms with Gasteiger partial charge in [0.1, 0.15) is 0 Å². The Morgan fingerprint density at radius 2 is 2.27 bits per heavy atom. The number of aromatic amines is 1. The second-order valence-corrected chi connectivity index (χ2v) is 3.48. The lowest BCUT2D eigenvalue weighted by Crippen LogP contribution is -2.29. The number of carbonyl (C=O) groups is 1. The summed E-state index contributed by atoms with van der Waals surface area (Å²) in [6, 6.07) is 0. The van der Waals surface area contributed by atoms with Crippen molar-refractivity contribution in [3.63, 3.8) is 0 Å². The highest BCUT2D eigenvalue weighted by atomic mass is 79.9. The summed E-state index contributed by atoms with van der Waals surface area (Å²) < 4.78 is 1.39. The first-order valence-corrected chi connectivity index (χ1v) is 4.68. The summed E-state index contributed by atoms with van der Waals surface area (Å²) in [5, 5.41) is 8.32. The van der Waals surface area contributed by atoms with Crippen molar-refractivity contribution in [2.45, 2.75) is 6.54 Å². The number of nitrogens with one attached hydrogen (secondary N) is 1. The monoisotopic (exact) mass is 274 g/mol. The maximum Gasteiger partial charge on any atom is 0.328 e. The summed E-state index contributed by atoms with van der Waals surface area (Å²) in [6.07, 6.45) is 3.52. The third kappa shape index (κ3) is 3.21. The summed E-state index contributed by atoms with van der Waals surface area (Å²) >= 11 is 2.96. The van der Waals surface area contributed by atoms with Crippen LogP contribution in [-0.2, 0) is 11.3 Å². The Morgan fingerprint density at radius 1 is 1.60 bits per heavy atom. The largest absolute Gasteiger partial charge is 0.478 e. The van der Waals surface area contributed by atoms with Crippen LogP contribution in [0, 0.1) is 0 Å². The van der Waals surface area contributed by atoms with E-state index in [1.807, 2.05) is 0 Å². The Morgan fingerprint density at radius 3 is 2.87 bits per heavy atom. The molecule has 1 rings (SSSR count). The van der Waals surface area contributed by atoms with Gasteiger partial charge < -0.3 is 5.11 Å². The van der Waals surface area contributed by atoms with Crippen LogP contribution in [0.3, 0.4) is 0 Å². The Balaban J connectivity index is 2.97. The second-order valence-electron chi connectivity index (χ2n) is 2.63. The SMILES string of the molecule is O=C(O)C=CCn1cc(Br)c(=O)[nH]c1=O. The van der Waals surface area contributed by atoms with Gasteiger partial charge in [0.25, 0.3) is 5.56 Å². The molecule has 0 radical (unpaired) electrons. The molecule has 0 aliphatic carbocycles. The van der Waals surface area contributed by atoms with E-state index in [9.17, 15) is 14.4 Å². The quantitative estimate of drug-likeness (QED) is 0.756. The van der Waals surface area contributed by atoms with E-state index in [0.29, 0.717) is 0 Å². The van der Waals surface area contributed by atoms with Crippen LogP contribution in [0.1, 0.15) is 0 Å². The zero-order valence-corrected chi connectivity index (χ0v) is 9.02. The molecule has 0 amide bonds. The highest BCUT2D eigenvalue weighted by Crippen LogP contribution is 1.97. The lowest BCUT2D eigenvalue weighted by molar-refractivity contribution is -0.131. The van der Waals surface area contributed by atoms with Gasteiger partial charge in [0.05, 0.1) is 4.47 Å². The molecule has 6 nitrogen and oxygen atoms in total. The molecule has 0 saturated heterocycles. The van der Waals surface area contributed by atoms with Crippen LogP contribution in [0.2, 0.25) is 0 Å². The summed E-state index contributed by atoms with van der Waals surface area (Å²) in [4.78, 5) is 34.3. The number of rotatable bonds is 3. The van der Waals surface area contributed by atoms with Crippen molar-refractivity contribution in [2.24, 2.45) is 0 Å². The normalized spacial score (nSPS) is 10.7. The molecule has 15 heavy (non-hydrogen) atoms. The van der Waals surface area contributed by atoms with Gasteiger partial charge in [-0.3, -0.25) is 14.3 Å². The third-order valence-corrected chi connectivity index (χ3v) is 2.09. The molecule has 7 heteroatoms. The summed E-state index contributed by atoms with van der Waals surface area (Å²) in [7, 11) is 0. The van der Waals surface area contributed by atoms with Crippen LogP contribution >= 0.6 is 15.9 Å². The van der Waals surface area contributed by atoms with E-state index in [1.54, 1.807) is 0 Å². The van der Waals surface area contributed by atoms with Crippen LogP contribution in [0.5, 0.6) is 0 Å². The minimum Gasteiger partial charge on any atom is -0.478 e. The van der Waals surface area contributed by atoms with Gasteiger partial charge in [0.15, 0.2) is 0 Å². The molecule has 0 atom stereocenters. The predicted octanol–water partition coefficient (Wildman–Crippen LogP) is -0.0601. The molecule has 0 aliphatic rings. The van der Waals surface area contributed by atoms with Gasteiger partial charge in [0.2, 0.25) is 0 Å². The highest BCUT2D eigenvalue weighted by Gasteiger charge is 1.99. The molecular formula is C8H7BrN2O4. The third-order valence-electron chi connectivity index (χ3n) is 1.53. The number of halogens is 1. The first-order valence-electron chi connectivity index (χ1n) is 3.89. The van der Waals surface area contributed by atoms with Crippen LogP contribution in [0.4, 0.5) is 0 Å². The number of carboxylic acid groups (broad SMARTS) is 1. The standard InChI is InChI=1S/C8H7BrN2O4/c9-5-4-11(3-1-2-6(12)13)8(15)10-7(5)14/h1-2,4H,3H2,(H,12,13)(H,10,14,15). The zero-order chi connectivity index (χ0) is 11.4. The van der Waals surface area contributed by atoms with Crippen molar-refractivity contribution in [1.82, 2.24) is 9.55 Å².